The topological polar surface area (TPSA) is 231 Å². The lowest BCUT2D eigenvalue weighted by molar-refractivity contribution is -0.161. The number of phosphoric ester groups is 2. The number of hydrogen-bond acceptors (Lipinski definition) is 14. The molecule has 0 saturated heterocycles. The molecular formula is C65H118O16P2. The molecule has 0 rings (SSSR count). The van der Waals surface area contributed by atoms with Crippen molar-refractivity contribution < 1.29 is 75.8 Å². The van der Waals surface area contributed by atoms with Gasteiger partial charge in [-0.25, -0.2) is 9.13 Å². The van der Waals surface area contributed by atoms with Crippen molar-refractivity contribution in [2.24, 2.45) is 0 Å². The van der Waals surface area contributed by atoms with Crippen LogP contribution in [0.3, 0.4) is 0 Å². The monoisotopic (exact) mass is 1220 g/mol. The van der Waals surface area contributed by atoms with Gasteiger partial charge in [-0.1, -0.05) is 229 Å². The Labute approximate surface area is 503 Å². The maximum absolute atomic E-state index is 12.9. The predicted molar refractivity (Wildman–Crippen MR) is 335 cm³/mol. The van der Waals surface area contributed by atoms with Crippen molar-refractivity contribution in [3.05, 3.63) is 60.8 Å². The van der Waals surface area contributed by atoms with Crippen molar-refractivity contribution in [3.63, 3.8) is 0 Å². The number of hydrogen-bond donors (Lipinski definition) is 4. The molecule has 484 valence electrons. The Bertz CT molecular complexity index is 1770. The Morgan fingerprint density at radius 1 is 0.337 bits per heavy atom. The van der Waals surface area contributed by atoms with Crippen LogP contribution in [-0.2, 0) is 55.8 Å². The molecule has 0 bridgehead atoms. The fraction of sp³-hybridized carbons (Fsp3) is 0.800. The summed E-state index contributed by atoms with van der Waals surface area (Å²) in [7, 11) is -9.76. The number of aliphatic hydroxyl groups excluding tert-OH is 2. The van der Waals surface area contributed by atoms with Gasteiger partial charge in [-0.15, -0.1) is 0 Å². The van der Waals surface area contributed by atoms with E-state index in [0.717, 1.165) is 122 Å². The highest BCUT2D eigenvalue weighted by Crippen LogP contribution is 2.45. The number of aliphatic hydroxyl groups is 2. The van der Waals surface area contributed by atoms with Crippen LogP contribution >= 0.6 is 15.6 Å². The molecule has 0 spiro atoms. The Hall–Kier alpha value is -2.75. The zero-order valence-electron chi connectivity index (χ0n) is 52.1. The minimum atomic E-state index is -4.92. The fourth-order valence-electron chi connectivity index (χ4n) is 8.67. The summed E-state index contributed by atoms with van der Waals surface area (Å²) in [5.41, 5.74) is 0. The average molecular weight is 1220 g/mol. The molecule has 18 heteroatoms. The number of allylic oxidation sites excluding steroid dienone is 10. The van der Waals surface area contributed by atoms with E-state index in [0.29, 0.717) is 19.3 Å². The van der Waals surface area contributed by atoms with Gasteiger partial charge in [0, 0.05) is 19.3 Å². The average Bonchev–Trinajstić information content (AvgIpc) is 3.46. The molecule has 0 heterocycles. The Morgan fingerprint density at radius 3 is 0.976 bits per heavy atom. The molecule has 5 atom stereocenters. The van der Waals surface area contributed by atoms with Crippen LogP contribution in [0.1, 0.15) is 278 Å². The van der Waals surface area contributed by atoms with E-state index in [9.17, 15) is 43.5 Å². The summed E-state index contributed by atoms with van der Waals surface area (Å²) in [4.78, 5) is 58.2. The van der Waals surface area contributed by atoms with Crippen LogP contribution in [0.15, 0.2) is 60.8 Å². The summed E-state index contributed by atoms with van der Waals surface area (Å²) in [5, 5.41) is 20.5. The largest absolute Gasteiger partial charge is 0.472 e. The zero-order valence-corrected chi connectivity index (χ0v) is 53.9. The number of esters is 3. The summed E-state index contributed by atoms with van der Waals surface area (Å²) in [6, 6.07) is 0. The summed E-state index contributed by atoms with van der Waals surface area (Å²) in [6.45, 7) is 2.60. The Morgan fingerprint density at radius 2 is 0.602 bits per heavy atom. The lowest BCUT2D eigenvalue weighted by Crippen LogP contribution is -2.30. The lowest BCUT2D eigenvalue weighted by atomic mass is 10.0. The van der Waals surface area contributed by atoms with Gasteiger partial charge in [-0.2, -0.15) is 0 Å². The molecule has 0 saturated carbocycles. The van der Waals surface area contributed by atoms with E-state index < -0.39 is 91.5 Å². The molecule has 0 aliphatic carbocycles. The van der Waals surface area contributed by atoms with Crippen molar-refractivity contribution >= 4 is 33.6 Å². The van der Waals surface area contributed by atoms with E-state index in [1.165, 1.54) is 96.3 Å². The van der Waals surface area contributed by atoms with E-state index in [-0.39, 0.29) is 19.3 Å². The van der Waals surface area contributed by atoms with Crippen molar-refractivity contribution in [2.75, 3.05) is 39.6 Å². The molecule has 0 fully saturated rings. The molecule has 0 radical (unpaired) electrons. The van der Waals surface area contributed by atoms with Crippen molar-refractivity contribution in [1.82, 2.24) is 0 Å². The minimum absolute atomic E-state index is 0.106. The van der Waals surface area contributed by atoms with E-state index in [1.54, 1.807) is 0 Å². The third-order valence-electron chi connectivity index (χ3n) is 13.7. The van der Waals surface area contributed by atoms with Gasteiger partial charge in [0.05, 0.1) is 26.4 Å². The fourth-order valence-corrected chi connectivity index (χ4v) is 10.3. The zero-order chi connectivity index (χ0) is 61.0. The summed E-state index contributed by atoms with van der Waals surface area (Å²) >= 11 is 0. The highest BCUT2D eigenvalue weighted by atomic mass is 31.2. The molecular weight excluding hydrogens is 1100 g/mol. The van der Waals surface area contributed by atoms with Crippen molar-refractivity contribution in [3.8, 4) is 0 Å². The van der Waals surface area contributed by atoms with Gasteiger partial charge in [-0.05, 0) is 89.9 Å². The van der Waals surface area contributed by atoms with Gasteiger partial charge in [0.25, 0.3) is 0 Å². The second-order valence-corrected chi connectivity index (χ2v) is 24.8. The Balaban J connectivity index is 4.64. The number of phosphoric acid groups is 2. The van der Waals surface area contributed by atoms with Crippen LogP contribution in [0.5, 0.6) is 0 Å². The molecule has 0 aromatic rings. The number of unbranched alkanes of at least 4 members (excludes halogenated alkanes) is 29. The van der Waals surface area contributed by atoms with E-state index in [1.807, 2.05) is 0 Å². The molecule has 4 N–H and O–H groups in total. The Kier molecular flexibility index (Phi) is 57.6. The van der Waals surface area contributed by atoms with Crippen LogP contribution in [0.4, 0.5) is 0 Å². The number of carbonyl (C=O) groups excluding carboxylic acids is 3. The summed E-state index contributed by atoms with van der Waals surface area (Å²) in [6.07, 6.45) is 58.4. The highest BCUT2D eigenvalue weighted by Gasteiger charge is 2.29. The van der Waals surface area contributed by atoms with E-state index in [4.69, 9.17) is 32.3 Å². The van der Waals surface area contributed by atoms with Crippen LogP contribution in [0, 0.1) is 0 Å². The number of carbonyl (C=O) groups is 3. The first kappa shape index (κ1) is 80.2. The molecule has 83 heavy (non-hydrogen) atoms. The molecule has 0 aromatic heterocycles. The maximum Gasteiger partial charge on any atom is 0.472 e. The normalized spacial score (nSPS) is 14.7. The van der Waals surface area contributed by atoms with E-state index >= 15 is 0 Å². The van der Waals surface area contributed by atoms with Crippen LogP contribution in [0.25, 0.3) is 0 Å². The predicted octanol–water partition coefficient (Wildman–Crippen LogP) is 17.4. The van der Waals surface area contributed by atoms with E-state index in [2.05, 4.69) is 81.5 Å². The van der Waals surface area contributed by atoms with Gasteiger partial charge >= 0.3 is 33.6 Å². The lowest BCUT2D eigenvalue weighted by Gasteiger charge is -2.21. The third-order valence-corrected chi connectivity index (χ3v) is 15.6. The van der Waals surface area contributed by atoms with Crippen LogP contribution in [0.2, 0.25) is 0 Å². The SMILES string of the molecule is CCCCC/C=C\C/C=C\C/C=C\CCCCCCCCC(=O)OCC(O)COP(=O)(O)OCC(O)COP(=O)(O)OCC(COC(=O)CCCCCCC/C=C\C/C=C\CCCCC)OC(=O)CCCCCCCCCCCCCCC. The third kappa shape index (κ3) is 60.7. The molecule has 5 unspecified atom stereocenters. The van der Waals surface area contributed by atoms with Crippen molar-refractivity contribution in [2.45, 2.75) is 296 Å². The molecule has 0 amide bonds. The summed E-state index contributed by atoms with van der Waals surface area (Å²) < 4.78 is 60.7. The smallest absolute Gasteiger partial charge is 0.463 e. The number of rotatable bonds is 62. The van der Waals surface area contributed by atoms with Gasteiger partial charge in [0.1, 0.15) is 25.4 Å². The maximum atomic E-state index is 12.9. The molecule has 0 aliphatic rings. The highest BCUT2D eigenvalue weighted by molar-refractivity contribution is 7.47. The summed E-state index contributed by atoms with van der Waals surface area (Å²) in [5.74, 6) is -1.59. The quantitative estimate of drug-likeness (QED) is 0.0146. The van der Waals surface area contributed by atoms with Gasteiger partial charge in [0.15, 0.2) is 6.10 Å². The molecule has 0 aromatic carbocycles. The van der Waals surface area contributed by atoms with Gasteiger partial charge in [-0.3, -0.25) is 32.5 Å². The second-order valence-electron chi connectivity index (χ2n) is 21.9. The first-order chi connectivity index (χ1) is 40.2. The van der Waals surface area contributed by atoms with Crippen molar-refractivity contribution in [1.29, 1.82) is 0 Å². The second kappa shape index (κ2) is 59.6. The standard InChI is InChI=1S/C65H118O16P2/c1-4-7-10-13-16-19-22-25-27-28-29-30-32-35-36-39-42-45-48-51-63(68)75-54-60(66)55-77-82(71,72)78-56-61(67)57-79-83(73,74)80-59-62(81-65(70)53-50-47-44-41-38-33-24-21-18-15-12-9-6-3)58-76-64(69)52-49-46-43-40-37-34-31-26-23-20-17-14-11-8-5-2/h16-17,19-20,25-27,29-31,60-62,66-67H,4-15,18,21-24,28,32-59H2,1-3H3,(H,71,72)(H,73,74)/b19-16-,20-17-,27-25-,30-29-,31-26-. The molecule has 16 nitrogen and oxygen atoms in total. The first-order valence-electron chi connectivity index (χ1n) is 32.6. The van der Waals surface area contributed by atoms with Crippen LogP contribution in [-0.4, -0.2) is 95.9 Å². The van der Waals surface area contributed by atoms with Gasteiger partial charge in [0.2, 0.25) is 0 Å². The van der Waals surface area contributed by atoms with Crippen LogP contribution < -0.4 is 0 Å². The van der Waals surface area contributed by atoms with Gasteiger partial charge < -0.3 is 34.2 Å². The molecule has 0 aliphatic heterocycles. The minimum Gasteiger partial charge on any atom is -0.463 e. The number of ether oxygens (including phenoxy) is 3. The first-order valence-corrected chi connectivity index (χ1v) is 35.6.